The molecule has 9 nitrogen and oxygen atoms in total. The first kappa shape index (κ1) is 23.7. The number of piperidine rings is 1. The van der Waals surface area contributed by atoms with E-state index in [4.69, 9.17) is 9.15 Å². The van der Waals surface area contributed by atoms with Gasteiger partial charge in [-0.1, -0.05) is 12.1 Å². The van der Waals surface area contributed by atoms with Gasteiger partial charge in [-0.05, 0) is 51.0 Å². The predicted molar refractivity (Wildman–Crippen MR) is 114 cm³/mol. The van der Waals surface area contributed by atoms with Crippen molar-refractivity contribution >= 4 is 27.7 Å². The third kappa shape index (κ3) is 5.63. The number of carbonyl (C=O) groups excluding carboxylic acids is 3. The van der Waals surface area contributed by atoms with E-state index < -0.39 is 33.9 Å². The second-order valence-electron chi connectivity index (χ2n) is 7.64. The summed E-state index contributed by atoms with van der Waals surface area (Å²) < 4.78 is 37.4. The molecule has 2 aromatic rings. The summed E-state index contributed by atoms with van der Waals surface area (Å²) in [5.74, 6) is -1.00. The van der Waals surface area contributed by atoms with Gasteiger partial charge < -0.3 is 14.5 Å². The maximum absolute atomic E-state index is 12.8. The van der Waals surface area contributed by atoms with Crippen LogP contribution >= 0.6 is 0 Å². The van der Waals surface area contributed by atoms with Crippen molar-refractivity contribution in [2.45, 2.75) is 44.2 Å². The first-order valence-corrected chi connectivity index (χ1v) is 11.7. The highest BCUT2D eigenvalue weighted by atomic mass is 32.2. The molecule has 1 saturated heterocycles. The number of benzene rings is 1. The van der Waals surface area contributed by atoms with Crippen LogP contribution in [-0.2, 0) is 30.9 Å². The zero-order valence-corrected chi connectivity index (χ0v) is 18.8. The summed E-state index contributed by atoms with van der Waals surface area (Å²) in [5.41, 5.74) is 0.438. The van der Waals surface area contributed by atoms with E-state index in [-0.39, 0.29) is 30.3 Å². The maximum atomic E-state index is 12.8. The van der Waals surface area contributed by atoms with E-state index in [2.05, 4.69) is 5.32 Å². The lowest BCUT2D eigenvalue weighted by molar-refractivity contribution is -0.159. The van der Waals surface area contributed by atoms with Gasteiger partial charge >= 0.3 is 5.97 Å². The normalized spacial score (nSPS) is 16.3. The van der Waals surface area contributed by atoms with Crippen LogP contribution in [0.25, 0.3) is 0 Å². The Bertz CT molecular complexity index is 1050. The topological polar surface area (TPSA) is 123 Å². The Morgan fingerprint density at radius 1 is 1.16 bits per heavy atom. The molecule has 2 heterocycles. The number of nitrogens with one attached hydrogen (secondary N) is 1. The summed E-state index contributed by atoms with van der Waals surface area (Å²) in [7, 11) is -3.72. The van der Waals surface area contributed by atoms with Gasteiger partial charge in [0.2, 0.25) is 10.0 Å². The molecule has 0 spiro atoms. The maximum Gasteiger partial charge on any atom is 0.309 e. The van der Waals surface area contributed by atoms with Crippen molar-refractivity contribution in [1.82, 2.24) is 9.62 Å². The molecular weight excluding hydrogens is 436 g/mol. The Labute approximate surface area is 186 Å². The molecule has 32 heavy (non-hydrogen) atoms. The Morgan fingerprint density at radius 3 is 2.38 bits per heavy atom. The lowest BCUT2D eigenvalue weighted by Gasteiger charge is -2.30. The summed E-state index contributed by atoms with van der Waals surface area (Å²) in [4.78, 5) is 36.1. The minimum Gasteiger partial charge on any atom is -0.467 e. The van der Waals surface area contributed by atoms with Crippen molar-refractivity contribution in [2.24, 2.45) is 5.92 Å². The van der Waals surface area contributed by atoms with Gasteiger partial charge in [0.1, 0.15) is 5.76 Å². The molecule has 1 N–H and O–H groups in total. The van der Waals surface area contributed by atoms with Gasteiger partial charge in [-0.25, -0.2) is 8.42 Å². The second-order valence-corrected chi connectivity index (χ2v) is 9.57. The number of hydrogen-bond acceptors (Lipinski definition) is 7. The van der Waals surface area contributed by atoms with Crippen LogP contribution in [0.1, 0.15) is 42.8 Å². The first-order chi connectivity index (χ1) is 15.2. The SMILES string of the molecule is CC(=O)c1ccc(S(=O)(=O)N2CCC(C(=O)OC(C)C(=O)NCc3ccco3)CC2)cc1. The van der Waals surface area contributed by atoms with Crippen molar-refractivity contribution in [1.29, 1.82) is 0 Å². The Kier molecular flexibility index (Phi) is 7.47. The molecule has 1 atom stereocenters. The summed E-state index contributed by atoms with van der Waals surface area (Å²) in [6.07, 6.45) is 1.12. The van der Waals surface area contributed by atoms with Crippen molar-refractivity contribution in [3.63, 3.8) is 0 Å². The lowest BCUT2D eigenvalue weighted by atomic mass is 9.98. The number of furan rings is 1. The van der Waals surface area contributed by atoms with Crippen LogP contribution in [0.5, 0.6) is 0 Å². The zero-order chi connectivity index (χ0) is 23.3. The smallest absolute Gasteiger partial charge is 0.309 e. The van der Waals surface area contributed by atoms with Crippen molar-refractivity contribution in [3.05, 3.63) is 54.0 Å². The molecule has 0 aliphatic carbocycles. The van der Waals surface area contributed by atoms with E-state index in [9.17, 15) is 22.8 Å². The first-order valence-electron chi connectivity index (χ1n) is 10.3. The predicted octanol–water partition coefficient (Wildman–Crippen LogP) is 2.13. The fraction of sp³-hybridized carbons (Fsp3) is 0.409. The number of Topliss-reactive ketones (excluding diaryl/α,β-unsaturated/α-hetero) is 1. The van der Waals surface area contributed by atoms with Gasteiger partial charge in [0.25, 0.3) is 5.91 Å². The number of esters is 1. The molecule has 1 unspecified atom stereocenters. The van der Waals surface area contributed by atoms with Crippen LogP contribution in [0.3, 0.4) is 0 Å². The Balaban J connectivity index is 1.50. The standard InChI is InChI=1S/C22H26N2O7S/c1-15(25)17-5-7-20(8-6-17)32(28,29)24-11-9-18(10-12-24)22(27)31-16(2)21(26)23-14-19-4-3-13-30-19/h3-8,13,16,18H,9-12,14H2,1-2H3,(H,23,26). The molecule has 1 amide bonds. The van der Waals surface area contributed by atoms with Gasteiger partial charge in [0.05, 0.1) is 23.6 Å². The monoisotopic (exact) mass is 462 g/mol. The van der Waals surface area contributed by atoms with Crippen LogP contribution in [0.4, 0.5) is 0 Å². The molecule has 1 aromatic heterocycles. The highest BCUT2D eigenvalue weighted by molar-refractivity contribution is 7.89. The number of rotatable bonds is 8. The van der Waals surface area contributed by atoms with Crippen LogP contribution in [0.2, 0.25) is 0 Å². The minimum atomic E-state index is -3.72. The zero-order valence-electron chi connectivity index (χ0n) is 17.9. The molecule has 1 aromatic carbocycles. The quantitative estimate of drug-likeness (QED) is 0.471. The van der Waals surface area contributed by atoms with Crippen molar-refractivity contribution in [2.75, 3.05) is 13.1 Å². The number of amides is 1. The number of ketones is 1. The molecule has 172 valence electrons. The largest absolute Gasteiger partial charge is 0.467 e. The molecule has 3 rings (SSSR count). The van der Waals surface area contributed by atoms with Crippen LogP contribution in [-0.4, -0.2) is 49.6 Å². The average Bonchev–Trinajstić information content (AvgIpc) is 3.31. The number of carbonyl (C=O) groups is 3. The van der Waals surface area contributed by atoms with E-state index in [1.54, 1.807) is 12.1 Å². The highest BCUT2D eigenvalue weighted by Gasteiger charge is 2.34. The molecule has 1 aliphatic heterocycles. The Hall–Kier alpha value is -2.98. The van der Waals surface area contributed by atoms with Gasteiger partial charge in [-0.2, -0.15) is 4.31 Å². The van der Waals surface area contributed by atoms with E-state index in [0.717, 1.165) is 0 Å². The van der Waals surface area contributed by atoms with Crippen molar-refractivity contribution in [3.8, 4) is 0 Å². The molecule has 0 bridgehead atoms. The van der Waals surface area contributed by atoms with E-state index in [1.807, 2.05) is 0 Å². The van der Waals surface area contributed by atoms with Gasteiger partial charge in [0, 0.05) is 18.7 Å². The summed E-state index contributed by atoms with van der Waals surface area (Å²) in [6, 6.07) is 9.22. The molecule has 1 fully saturated rings. The Morgan fingerprint density at radius 2 is 1.81 bits per heavy atom. The van der Waals surface area contributed by atoms with E-state index >= 15 is 0 Å². The van der Waals surface area contributed by atoms with E-state index in [0.29, 0.717) is 24.2 Å². The highest BCUT2D eigenvalue weighted by Crippen LogP contribution is 2.25. The molecule has 1 aliphatic rings. The summed E-state index contributed by atoms with van der Waals surface area (Å²) in [6.45, 7) is 3.42. The molecule has 10 heteroatoms. The van der Waals surface area contributed by atoms with Gasteiger partial charge in [0.15, 0.2) is 11.9 Å². The minimum absolute atomic E-state index is 0.102. The molecule has 0 saturated carbocycles. The second kappa shape index (κ2) is 10.1. The van der Waals surface area contributed by atoms with E-state index in [1.165, 1.54) is 48.7 Å². The number of hydrogen-bond donors (Lipinski definition) is 1. The number of sulfonamides is 1. The van der Waals surface area contributed by atoms with Crippen LogP contribution < -0.4 is 5.32 Å². The third-order valence-electron chi connectivity index (χ3n) is 5.36. The fourth-order valence-corrected chi connectivity index (χ4v) is 4.87. The van der Waals surface area contributed by atoms with Crippen LogP contribution in [0.15, 0.2) is 52.0 Å². The number of nitrogens with zero attached hydrogens (tertiary/aromatic N) is 1. The van der Waals surface area contributed by atoms with Gasteiger partial charge in [-0.15, -0.1) is 0 Å². The average molecular weight is 463 g/mol. The summed E-state index contributed by atoms with van der Waals surface area (Å²) in [5, 5.41) is 2.63. The summed E-state index contributed by atoms with van der Waals surface area (Å²) >= 11 is 0. The van der Waals surface area contributed by atoms with Crippen molar-refractivity contribution < 1.29 is 32.0 Å². The number of ether oxygens (including phenoxy) is 1. The lowest BCUT2D eigenvalue weighted by Crippen LogP contribution is -2.42. The molecule has 0 radical (unpaired) electrons. The third-order valence-corrected chi connectivity index (χ3v) is 7.28. The fourth-order valence-electron chi connectivity index (χ4n) is 3.40. The van der Waals surface area contributed by atoms with Gasteiger partial charge in [-0.3, -0.25) is 14.4 Å². The molecular formula is C22H26N2O7S. The van der Waals surface area contributed by atoms with Crippen LogP contribution in [0, 0.1) is 5.92 Å².